The van der Waals surface area contributed by atoms with E-state index in [1.54, 1.807) is 12.1 Å². The van der Waals surface area contributed by atoms with Gasteiger partial charge in [0, 0.05) is 30.2 Å². The third-order valence-corrected chi connectivity index (χ3v) is 5.84. The van der Waals surface area contributed by atoms with Crippen LogP contribution in [0, 0.1) is 0 Å². The third kappa shape index (κ3) is 6.70. The smallest absolute Gasteiger partial charge is 0.252 e. The summed E-state index contributed by atoms with van der Waals surface area (Å²) in [7, 11) is 3.05. The Morgan fingerprint density at radius 1 is 0.944 bits per heavy atom. The van der Waals surface area contributed by atoms with E-state index >= 15 is 0 Å². The van der Waals surface area contributed by atoms with E-state index in [1.165, 1.54) is 14.2 Å². The van der Waals surface area contributed by atoms with Crippen LogP contribution in [0.1, 0.15) is 16.8 Å². The van der Waals surface area contributed by atoms with Crippen LogP contribution in [-0.4, -0.2) is 37.9 Å². The zero-order chi connectivity index (χ0) is 25.3. The van der Waals surface area contributed by atoms with Gasteiger partial charge in [-0.25, -0.2) is 4.98 Å². The first-order valence-electron chi connectivity index (χ1n) is 11.4. The lowest BCUT2D eigenvalue weighted by molar-refractivity contribution is -0.122. The average Bonchev–Trinajstić information content (AvgIpc) is 2.92. The zero-order valence-electron chi connectivity index (χ0n) is 20.1. The monoisotopic (exact) mass is 502 g/mol. The fourth-order valence-electron chi connectivity index (χ4n) is 3.62. The average molecular weight is 503 g/mol. The minimum atomic E-state index is -0.537. The summed E-state index contributed by atoms with van der Waals surface area (Å²) in [6.45, 7) is 0.553. The van der Waals surface area contributed by atoms with E-state index < -0.39 is 6.29 Å². The number of fused-ring (bicyclic) bond motifs is 1. The van der Waals surface area contributed by atoms with Gasteiger partial charge in [0.25, 0.3) is 5.91 Å². The quantitative estimate of drug-likeness (QED) is 0.170. The largest absolute Gasteiger partial charge is 0.487 e. The molecule has 0 spiro atoms. The molecule has 0 aliphatic heterocycles. The Balaban J connectivity index is 1.50. The second kappa shape index (κ2) is 12.3. The number of rotatable bonds is 10. The van der Waals surface area contributed by atoms with Crippen molar-refractivity contribution in [3.63, 3.8) is 0 Å². The molecule has 0 aliphatic carbocycles. The molecule has 0 atom stereocenters. The fraction of sp³-hybridized carbons (Fsp3) is 0.172. The van der Waals surface area contributed by atoms with Crippen LogP contribution in [0.5, 0.6) is 5.75 Å². The lowest BCUT2D eigenvalue weighted by atomic mass is 10.0. The highest BCUT2D eigenvalue weighted by Crippen LogP contribution is 2.23. The number of halogens is 1. The standard InChI is InChI=1S/C29H27ClN2O4/c1-34-28(35-2)18-31-29(33)26(17-20-7-12-23(30)13-8-20)21-10-15-25(16-11-21)36-19-24-14-9-22-5-3-4-6-27(22)32-24/h3-17,28H,18-19H2,1-2H3,(H,31,33)/b26-17+. The fourth-order valence-corrected chi connectivity index (χ4v) is 3.74. The molecule has 184 valence electrons. The lowest BCUT2D eigenvalue weighted by Crippen LogP contribution is -2.34. The molecule has 36 heavy (non-hydrogen) atoms. The van der Waals surface area contributed by atoms with Gasteiger partial charge in [0.2, 0.25) is 0 Å². The van der Waals surface area contributed by atoms with E-state index in [-0.39, 0.29) is 12.5 Å². The van der Waals surface area contributed by atoms with Crippen molar-refractivity contribution in [3.05, 3.63) is 107 Å². The van der Waals surface area contributed by atoms with E-state index in [2.05, 4.69) is 10.3 Å². The van der Waals surface area contributed by atoms with Crippen LogP contribution in [0.2, 0.25) is 5.02 Å². The molecule has 1 aromatic heterocycles. The number of carbonyl (C=O) groups is 1. The van der Waals surface area contributed by atoms with Crippen LogP contribution in [-0.2, 0) is 20.9 Å². The third-order valence-electron chi connectivity index (χ3n) is 5.59. The maximum Gasteiger partial charge on any atom is 0.252 e. The molecule has 0 saturated heterocycles. The Hall–Kier alpha value is -3.71. The molecular weight excluding hydrogens is 476 g/mol. The molecular formula is C29H27ClN2O4. The van der Waals surface area contributed by atoms with Crippen molar-refractivity contribution in [2.45, 2.75) is 12.9 Å². The maximum absolute atomic E-state index is 13.1. The number of hydrogen-bond acceptors (Lipinski definition) is 5. The first-order chi connectivity index (χ1) is 17.6. The number of ether oxygens (including phenoxy) is 3. The Labute approximate surface area is 215 Å². The van der Waals surface area contributed by atoms with E-state index in [4.69, 9.17) is 25.8 Å². The predicted octanol–water partition coefficient (Wildman–Crippen LogP) is 5.74. The second-order valence-corrected chi connectivity index (χ2v) is 8.47. The van der Waals surface area contributed by atoms with Crippen LogP contribution in [0.15, 0.2) is 84.9 Å². The van der Waals surface area contributed by atoms with Crippen LogP contribution >= 0.6 is 11.6 Å². The normalized spacial score (nSPS) is 11.6. The van der Waals surface area contributed by atoms with Gasteiger partial charge in [-0.2, -0.15) is 0 Å². The van der Waals surface area contributed by atoms with Crippen LogP contribution in [0.25, 0.3) is 22.6 Å². The number of benzene rings is 3. The van der Waals surface area contributed by atoms with Crippen molar-refractivity contribution >= 4 is 40.1 Å². The lowest BCUT2D eigenvalue weighted by Gasteiger charge is -2.16. The van der Waals surface area contributed by atoms with Crippen molar-refractivity contribution in [1.82, 2.24) is 10.3 Å². The second-order valence-electron chi connectivity index (χ2n) is 8.03. The summed E-state index contributed by atoms with van der Waals surface area (Å²) in [6.07, 6.45) is 1.28. The molecule has 4 aromatic rings. The van der Waals surface area contributed by atoms with Crippen molar-refractivity contribution in [2.75, 3.05) is 20.8 Å². The summed E-state index contributed by atoms with van der Waals surface area (Å²) >= 11 is 6.02. The summed E-state index contributed by atoms with van der Waals surface area (Å²) in [5.74, 6) is 0.428. The molecule has 4 rings (SSSR count). The minimum Gasteiger partial charge on any atom is -0.487 e. The molecule has 0 radical (unpaired) electrons. The number of carbonyl (C=O) groups excluding carboxylic acids is 1. The van der Waals surface area contributed by atoms with Crippen molar-refractivity contribution in [1.29, 1.82) is 0 Å². The highest BCUT2D eigenvalue weighted by atomic mass is 35.5. The van der Waals surface area contributed by atoms with Crippen molar-refractivity contribution < 1.29 is 19.0 Å². The molecule has 1 amide bonds. The molecule has 6 nitrogen and oxygen atoms in total. The zero-order valence-corrected chi connectivity index (χ0v) is 20.9. The van der Waals surface area contributed by atoms with Gasteiger partial charge in [0.1, 0.15) is 12.4 Å². The predicted molar refractivity (Wildman–Crippen MR) is 143 cm³/mol. The summed E-state index contributed by atoms with van der Waals surface area (Å²) in [4.78, 5) is 17.7. The van der Waals surface area contributed by atoms with E-state index in [0.29, 0.717) is 23.0 Å². The molecule has 0 aliphatic rings. The summed E-state index contributed by atoms with van der Waals surface area (Å²) in [5, 5.41) is 4.59. The van der Waals surface area contributed by atoms with Crippen molar-refractivity contribution in [2.24, 2.45) is 0 Å². The molecule has 0 bridgehead atoms. The molecule has 0 fully saturated rings. The Morgan fingerprint density at radius 3 is 2.39 bits per heavy atom. The molecule has 7 heteroatoms. The van der Waals surface area contributed by atoms with Gasteiger partial charge in [-0.05, 0) is 53.6 Å². The molecule has 0 saturated carbocycles. The molecule has 0 unspecified atom stereocenters. The summed E-state index contributed by atoms with van der Waals surface area (Å²) in [6, 6.07) is 26.6. The van der Waals surface area contributed by atoms with Gasteiger partial charge < -0.3 is 19.5 Å². The van der Waals surface area contributed by atoms with Gasteiger partial charge in [-0.3, -0.25) is 4.79 Å². The number of nitrogens with zero attached hydrogens (tertiary/aromatic N) is 1. The Kier molecular flexibility index (Phi) is 8.68. The van der Waals surface area contributed by atoms with Crippen LogP contribution in [0.4, 0.5) is 0 Å². The molecule has 3 aromatic carbocycles. The minimum absolute atomic E-state index is 0.212. The van der Waals surface area contributed by atoms with Gasteiger partial charge in [0.15, 0.2) is 6.29 Å². The van der Waals surface area contributed by atoms with E-state index in [0.717, 1.165) is 27.7 Å². The maximum atomic E-state index is 13.1. The topological polar surface area (TPSA) is 69.7 Å². The van der Waals surface area contributed by atoms with E-state index in [9.17, 15) is 4.79 Å². The number of para-hydroxylation sites is 1. The van der Waals surface area contributed by atoms with Gasteiger partial charge in [-0.1, -0.05) is 60.1 Å². The summed E-state index contributed by atoms with van der Waals surface area (Å²) < 4.78 is 16.3. The first-order valence-corrected chi connectivity index (χ1v) is 11.8. The molecule has 1 heterocycles. The highest BCUT2D eigenvalue weighted by molar-refractivity contribution is 6.30. The van der Waals surface area contributed by atoms with Gasteiger partial charge >= 0.3 is 0 Å². The van der Waals surface area contributed by atoms with Crippen LogP contribution in [0.3, 0.4) is 0 Å². The number of aromatic nitrogens is 1. The SMILES string of the molecule is COC(CNC(=O)/C(=C/c1ccc(Cl)cc1)c1ccc(OCc2ccc3ccccc3n2)cc1)OC. The number of hydrogen-bond donors (Lipinski definition) is 1. The number of amides is 1. The highest BCUT2D eigenvalue weighted by Gasteiger charge is 2.15. The van der Waals surface area contributed by atoms with Crippen molar-refractivity contribution in [3.8, 4) is 5.75 Å². The Bertz CT molecular complexity index is 1330. The van der Waals surface area contributed by atoms with Crippen LogP contribution < -0.4 is 10.1 Å². The molecule has 1 N–H and O–H groups in total. The Morgan fingerprint density at radius 2 is 1.67 bits per heavy atom. The van der Waals surface area contributed by atoms with Gasteiger partial charge in [-0.15, -0.1) is 0 Å². The number of pyridine rings is 1. The van der Waals surface area contributed by atoms with E-state index in [1.807, 2.05) is 78.9 Å². The summed E-state index contributed by atoms with van der Waals surface area (Å²) in [5.41, 5.74) is 3.85. The number of nitrogens with one attached hydrogen (secondary N) is 1. The number of methoxy groups -OCH3 is 2. The first kappa shape index (κ1) is 25.4. The van der Waals surface area contributed by atoms with Gasteiger partial charge in [0.05, 0.1) is 17.8 Å².